The Labute approximate surface area is 86.5 Å². The second kappa shape index (κ2) is 4.97. The van der Waals surface area contributed by atoms with E-state index in [4.69, 9.17) is 5.53 Å². The summed E-state index contributed by atoms with van der Waals surface area (Å²) in [5, 5.41) is 3.49. The van der Waals surface area contributed by atoms with Gasteiger partial charge in [-0.2, -0.15) is 0 Å². The Hall–Kier alpha value is -2.07. The largest absolute Gasteiger partial charge is 0.465 e. The Morgan fingerprint density at radius 3 is 2.87 bits per heavy atom. The average molecular weight is 206 g/mol. The number of nitrogens with zero attached hydrogens (tertiary/aromatic N) is 4. The van der Waals surface area contributed by atoms with Crippen LogP contribution in [0.5, 0.6) is 0 Å². The predicted molar refractivity (Wildman–Crippen MR) is 53.1 cm³/mol. The highest BCUT2D eigenvalue weighted by atomic mass is 16.5. The zero-order valence-electron chi connectivity index (χ0n) is 8.41. The van der Waals surface area contributed by atoms with Crippen LogP contribution in [0.3, 0.4) is 0 Å². The normalized spacial score (nSPS) is 11.3. The van der Waals surface area contributed by atoms with E-state index in [2.05, 4.69) is 19.7 Å². The van der Waals surface area contributed by atoms with Crippen LogP contribution in [-0.4, -0.2) is 18.1 Å². The number of hydrogen-bond acceptors (Lipinski definition) is 4. The van der Waals surface area contributed by atoms with E-state index in [1.807, 2.05) is 0 Å². The van der Waals surface area contributed by atoms with E-state index in [0.717, 1.165) is 0 Å². The van der Waals surface area contributed by atoms with Gasteiger partial charge in [0.1, 0.15) is 0 Å². The summed E-state index contributed by atoms with van der Waals surface area (Å²) in [6.45, 7) is 1.72. The second-order valence-electron chi connectivity index (χ2n) is 2.84. The third-order valence-electron chi connectivity index (χ3n) is 1.86. The first kappa shape index (κ1) is 11.0. The number of carbonyl (C=O) groups excluding carboxylic acids is 1. The minimum absolute atomic E-state index is 0.346. The summed E-state index contributed by atoms with van der Waals surface area (Å²) < 4.78 is 4.52. The monoisotopic (exact) mass is 206 g/mol. The summed E-state index contributed by atoms with van der Waals surface area (Å²) in [6.07, 6.45) is 1.39. The Morgan fingerprint density at radius 1 is 1.67 bits per heavy atom. The molecule has 1 rings (SSSR count). The molecule has 0 bridgehead atoms. The minimum atomic E-state index is -0.439. The molecule has 0 N–H and O–H groups in total. The van der Waals surface area contributed by atoms with Crippen molar-refractivity contribution in [3.05, 3.63) is 40.0 Å². The summed E-state index contributed by atoms with van der Waals surface area (Å²) in [4.78, 5) is 17.8. The summed E-state index contributed by atoms with van der Waals surface area (Å²) in [6, 6.07) is 2.87. The van der Waals surface area contributed by atoms with Crippen LogP contribution < -0.4 is 0 Å². The molecule has 0 aromatic carbocycles. The van der Waals surface area contributed by atoms with Crippen LogP contribution in [0.2, 0.25) is 0 Å². The van der Waals surface area contributed by atoms with Gasteiger partial charge in [0, 0.05) is 16.8 Å². The number of ether oxygens (including phenoxy) is 1. The van der Waals surface area contributed by atoms with Crippen molar-refractivity contribution in [1.29, 1.82) is 0 Å². The lowest BCUT2D eigenvalue weighted by Gasteiger charge is -2.04. The maximum absolute atomic E-state index is 11.1. The third kappa shape index (κ3) is 2.69. The standard InChI is InChI=1S/C9H10N4O2/c1-6(12-13-10)8-4-3-7(5-11-8)9(14)15-2/h3-6H,1-2H3. The molecule has 1 aromatic rings. The SMILES string of the molecule is COC(=O)c1ccc(C(C)N=[N+]=[N-])nc1. The maximum Gasteiger partial charge on any atom is 0.339 e. The Kier molecular flexibility index (Phi) is 3.65. The van der Waals surface area contributed by atoms with E-state index in [-0.39, 0.29) is 6.04 Å². The van der Waals surface area contributed by atoms with Crippen LogP contribution in [-0.2, 0) is 4.74 Å². The molecule has 0 aliphatic heterocycles. The lowest BCUT2D eigenvalue weighted by atomic mass is 10.2. The van der Waals surface area contributed by atoms with Gasteiger partial charge in [-0.15, -0.1) is 0 Å². The summed E-state index contributed by atoms with van der Waals surface area (Å²) in [5.41, 5.74) is 9.22. The van der Waals surface area contributed by atoms with Gasteiger partial charge in [-0.25, -0.2) is 4.79 Å². The molecule has 0 fully saturated rings. The van der Waals surface area contributed by atoms with Crippen molar-refractivity contribution in [2.75, 3.05) is 7.11 Å². The molecule has 0 saturated heterocycles. The number of azide groups is 1. The molecular formula is C9H10N4O2. The van der Waals surface area contributed by atoms with Crippen molar-refractivity contribution in [2.24, 2.45) is 5.11 Å². The first-order valence-corrected chi connectivity index (χ1v) is 4.27. The fraction of sp³-hybridized carbons (Fsp3) is 0.333. The van der Waals surface area contributed by atoms with Gasteiger partial charge in [-0.05, 0) is 17.7 Å². The molecule has 1 unspecified atom stereocenters. The molecule has 0 spiro atoms. The lowest BCUT2D eigenvalue weighted by Crippen LogP contribution is -2.03. The Balaban J connectivity index is 2.89. The number of pyridine rings is 1. The molecular weight excluding hydrogens is 196 g/mol. The van der Waals surface area contributed by atoms with Crippen molar-refractivity contribution >= 4 is 5.97 Å². The van der Waals surface area contributed by atoms with E-state index >= 15 is 0 Å². The molecule has 1 heterocycles. The van der Waals surface area contributed by atoms with E-state index in [0.29, 0.717) is 11.3 Å². The van der Waals surface area contributed by atoms with Gasteiger partial charge >= 0.3 is 5.97 Å². The minimum Gasteiger partial charge on any atom is -0.465 e. The Bertz CT molecular complexity index is 395. The molecule has 0 amide bonds. The highest BCUT2D eigenvalue weighted by Crippen LogP contribution is 2.14. The lowest BCUT2D eigenvalue weighted by molar-refractivity contribution is 0.0600. The summed E-state index contributed by atoms with van der Waals surface area (Å²) in [7, 11) is 1.30. The van der Waals surface area contributed by atoms with Gasteiger partial charge in [0.05, 0.1) is 18.7 Å². The molecule has 78 valence electrons. The summed E-state index contributed by atoms with van der Waals surface area (Å²) >= 11 is 0. The van der Waals surface area contributed by atoms with Gasteiger partial charge in [0.2, 0.25) is 0 Å². The number of aromatic nitrogens is 1. The van der Waals surface area contributed by atoms with Gasteiger partial charge in [-0.1, -0.05) is 12.0 Å². The second-order valence-corrected chi connectivity index (χ2v) is 2.84. The number of rotatable bonds is 3. The van der Waals surface area contributed by atoms with Crippen LogP contribution in [0.15, 0.2) is 23.4 Å². The van der Waals surface area contributed by atoms with Crippen LogP contribution in [0.1, 0.15) is 29.0 Å². The maximum atomic E-state index is 11.1. The van der Waals surface area contributed by atoms with Crippen molar-refractivity contribution in [1.82, 2.24) is 4.98 Å². The average Bonchev–Trinajstić information content (AvgIpc) is 2.28. The molecule has 0 aliphatic carbocycles. The predicted octanol–water partition coefficient (Wildman–Crippen LogP) is 2.24. The van der Waals surface area contributed by atoms with E-state index < -0.39 is 5.97 Å². The van der Waals surface area contributed by atoms with Crippen LogP contribution in [0.4, 0.5) is 0 Å². The van der Waals surface area contributed by atoms with E-state index in [1.165, 1.54) is 13.3 Å². The number of methoxy groups -OCH3 is 1. The van der Waals surface area contributed by atoms with Gasteiger partial charge in [0.25, 0.3) is 0 Å². The Morgan fingerprint density at radius 2 is 2.40 bits per heavy atom. The quantitative estimate of drug-likeness (QED) is 0.329. The van der Waals surface area contributed by atoms with Crippen molar-refractivity contribution in [2.45, 2.75) is 13.0 Å². The van der Waals surface area contributed by atoms with Gasteiger partial charge in [0.15, 0.2) is 0 Å². The van der Waals surface area contributed by atoms with E-state index in [9.17, 15) is 4.79 Å². The van der Waals surface area contributed by atoms with Crippen LogP contribution in [0.25, 0.3) is 10.4 Å². The first-order valence-electron chi connectivity index (χ1n) is 4.27. The molecule has 1 aromatic heterocycles. The highest BCUT2D eigenvalue weighted by molar-refractivity contribution is 5.88. The zero-order chi connectivity index (χ0) is 11.3. The molecule has 1 atom stereocenters. The third-order valence-corrected chi connectivity index (χ3v) is 1.86. The number of esters is 1. The van der Waals surface area contributed by atoms with E-state index in [1.54, 1.807) is 19.1 Å². The molecule has 0 aliphatic rings. The fourth-order valence-electron chi connectivity index (χ4n) is 1.03. The van der Waals surface area contributed by atoms with Gasteiger partial charge in [-0.3, -0.25) is 4.98 Å². The van der Waals surface area contributed by atoms with Gasteiger partial charge < -0.3 is 4.74 Å². The van der Waals surface area contributed by atoms with Crippen LogP contribution >= 0.6 is 0 Å². The zero-order valence-corrected chi connectivity index (χ0v) is 8.41. The number of hydrogen-bond donors (Lipinski definition) is 0. The van der Waals surface area contributed by atoms with Crippen molar-refractivity contribution in [3.8, 4) is 0 Å². The highest BCUT2D eigenvalue weighted by Gasteiger charge is 2.08. The van der Waals surface area contributed by atoms with Crippen molar-refractivity contribution in [3.63, 3.8) is 0 Å². The number of carbonyl (C=O) groups is 1. The van der Waals surface area contributed by atoms with Crippen LogP contribution in [0, 0.1) is 0 Å². The smallest absolute Gasteiger partial charge is 0.339 e. The molecule has 0 radical (unpaired) electrons. The molecule has 6 nitrogen and oxygen atoms in total. The van der Waals surface area contributed by atoms with Crippen molar-refractivity contribution < 1.29 is 9.53 Å². The summed E-state index contributed by atoms with van der Waals surface area (Å²) in [5.74, 6) is -0.439. The fourth-order valence-corrected chi connectivity index (χ4v) is 1.03. The molecule has 0 saturated carbocycles. The molecule has 15 heavy (non-hydrogen) atoms. The molecule has 6 heteroatoms. The topological polar surface area (TPSA) is 88.0 Å². The first-order chi connectivity index (χ1) is 7.19.